The normalized spacial score (nSPS) is 11.1. The fourth-order valence-corrected chi connectivity index (χ4v) is 3.63. The van der Waals surface area contributed by atoms with E-state index in [9.17, 15) is 4.79 Å². The lowest BCUT2D eigenvalue weighted by Crippen LogP contribution is -2.05. The molecule has 0 aliphatic heterocycles. The summed E-state index contributed by atoms with van der Waals surface area (Å²) in [6, 6.07) is 18.2. The Labute approximate surface area is 153 Å². The molecule has 0 atom stereocenters. The number of esters is 1. The second kappa shape index (κ2) is 6.37. The van der Waals surface area contributed by atoms with Crippen LogP contribution in [0, 0.1) is 0 Å². The van der Waals surface area contributed by atoms with Crippen LogP contribution in [0.4, 0.5) is 0 Å². The van der Waals surface area contributed by atoms with E-state index < -0.39 is 0 Å². The maximum atomic E-state index is 11.5. The number of benzene rings is 3. The van der Waals surface area contributed by atoms with Crippen LogP contribution in [-0.4, -0.2) is 11.0 Å². The first kappa shape index (κ1) is 15.9. The van der Waals surface area contributed by atoms with Crippen LogP contribution >= 0.6 is 15.9 Å². The molecule has 4 rings (SSSR count). The first-order chi connectivity index (χ1) is 12.1. The van der Waals surface area contributed by atoms with Crippen molar-refractivity contribution in [3.63, 3.8) is 0 Å². The third kappa shape index (κ3) is 3.05. The number of hydrogen-bond acceptors (Lipinski definition) is 2. The highest BCUT2D eigenvalue weighted by molar-refractivity contribution is 9.10. The number of carbonyl (C=O) groups is 1. The number of aromatic amines is 1. The standard InChI is InChI=1S/C21H16BrNO2/c1-13(24)25-21-9-6-14-10-16(22)7-8-17(14)19(21)11-15-12-23-20-5-3-2-4-18(15)20/h2-10,12,23H,11H2,1H3. The lowest BCUT2D eigenvalue weighted by Gasteiger charge is -2.13. The molecule has 0 aliphatic rings. The summed E-state index contributed by atoms with van der Waals surface area (Å²) in [6.45, 7) is 1.43. The van der Waals surface area contributed by atoms with Gasteiger partial charge in [0.05, 0.1) is 0 Å². The number of ether oxygens (including phenoxy) is 1. The molecular weight excluding hydrogens is 378 g/mol. The number of H-pyrrole nitrogens is 1. The summed E-state index contributed by atoms with van der Waals surface area (Å²) in [5, 5.41) is 3.39. The Morgan fingerprint density at radius 3 is 2.76 bits per heavy atom. The Kier molecular flexibility index (Phi) is 4.06. The number of para-hydroxylation sites is 1. The van der Waals surface area contributed by atoms with Crippen LogP contribution in [0.5, 0.6) is 5.75 Å². The molecule has 25 heavy (non-hydrogen) atoms. The molecule has 0 unspecified atom stereocenters. The molecule has 0 saturated carbocycles. The van der Waals surface area contributed by atoms with Gasteiger partial charge in [-0.2, -0.15) is 0 Å². The number of aromatic nitrogens is 1. The fraction of sp³-hybridized carbons (Fsp3) is 0.0952. The Morgan fingerprint density at radius 1 is 1.08 bits per heavy atom. The lowest BCUT2D eigenvalue weighted by molar-refractivity contribution is -0.131. The largest absolute Gasteiger partial charge is 0.426 e. The van der Waals surface area contributed by atoms with Crippen molar-refractivity contribution >= 4 is 43.6 Å². The molecule has 0 amide bonds. The summed E-state index contributed by atoms with van der Waals surface area (Å²) in [4.78, 5) is 14.8. The zero-order valence-electron chi connectivity index (χ0n) is 13.7. The molecule has 4 aromatic rings. The van der Waals surface area contributed by atoms with Crippen LogP contribution in [0.15, 0.2) is 65.3 Å². The summed E-state index contributed by atoms with van der Waals surface area (Å²) in [7, 11) is 0. The topological polar surface area (TPSA) is 42.1 Å². The van der Waals surface area contributed by atoms with Crippen LogP contribution in [0.3, 0.4) is 0 Å². The zero-order chi connectivity index (χ0) is 17.4. The molecule has 0 fully saturated rings. The van der Waals surface area contributed by atoms with Crippen molar-refractivity contribution < 1.29 is 9.53 Å². The average Bonchev–Trinajstić information content (AvgIpc) is 2.99. The molecule has 0 aliphatic carbocycles. The second-order valence-corrected chi connectivity index (χ2v) is 6.95. The highest BCUT2D eigenvalue weighted by Gasteiger charge is 2.14. The van der Waals surface area contributed by atoms with E-state index in [0.717, 1.165) is 26.3 Å². The van der Waals surface area contributed by atoms with E-state index in [1.54, 1.807) is 0 Å². The third-order valence-corrected chi connectivity index (χ3v) is 4.84. The Morgan fingerprint density at radius 2 is 1.92 bits per heavy atom. The number of carbonyl (C=O) groups excluding carboxylic acids is 1. The first-order valence-electron chi connectivity index (χ1n) is 8.06. The Balaban J connectivity index is 1.89. The molecule has 124 valence electrons. The molecule has 4 heteroatoms. The molecule has 0 bridgehead atoms. The number of fused-ring (bicyclic) bond motifs is 2. The Hall–Kier alpha value is -2.59. The van der Waals surface area contributed by atoms with Gasteiger partial charge in [-0.15, -0.1) is 0 Å². The van der Waals surface area contributed by atoms with Crippen LogP contribution in [0.25, 0.3) is 21.7 Å². The predicted molar refractivity (Wildman–Crippen MR) is 104 cm³/mol. The molecule has 0 spiro atoms. The minimum absolute atomic E-state index is 0.309. The van der Waals surface area contributed by atoms with Gasteiger partial charge in [-0.3, -0.25) is 4.79 Å². The minimum atomic E-state index is -0.309. The Bertz CT molecular complexity index is 1100. The molecule has 3 aromatic carbocycles. The number of nitrogens with one attached hydrogen (secondary N) is 1. The monoisotopic (exact) mass is 393 g/mol. The minimum Gasteiger partial charge on any atom is -0.426 e. The highest BCUT2D eigenvalue weighted by Crippen LogP contribution is 2.33. The number of rotatable bonds is 3. The predicted octanol–water partition coefficient (Wildman–Crippen LogP) is 5.60. The van der Waals surface area contributed by atoms with Crippen LogP contribution < -0.4 is 4.74 Å². The molecule has 3 nitrogen and oxygen atoms in total. The quantitative estimate of drug-likeness (QED) is 0.363. The van der Waals surface area contributed by atoms with Gasteiger partial charge in [0.15, 0.2) is 0 Å². The highest BCUT2D eigenvalue weighted by atomic mass is 79.9. The van der Waals surface area contributed by atoms with Gasteiger partial charge in [-0.25, -0.2) is 0 Å². The van der Waals surface area contributed by atoms with E-state index in [1.807, 2.05) is 36.5 Å². The van der Waals surface area contributed by atoms with Crippen molar-refractivity contribution in [3.05, 3.63) is 76.4 Å². The fourth-order valence-electron chi connectivity index (χ4n) is 3.25. The second-order valence-electron chi connectivity index (χ2n) is 6.04. The van der Waals surface area contributed by atoms with Crippen molar-refractivity contribution in [2.45, 2.75) is 13.3 Å². The third-order valence-electron chi connectivity index (χ3n) is 4.35. The molecule has 1 N–H and O–H groups in total. The lowest BCUT2D eigenvalue weighted by atomic mass is 9.97. The van der Waals surface area contributed by atoms with Gasteiger partial charge in [0.1, 0.15) is 5.75 Å². The molecular formula is C21H16BrNO2. The van der Waals surface area contributed by atoms with Gasteiger partial charge in [0.25, 0.3) is 0 Å². The zero-order valence-corrected chi connectivity index (χ0v) is 15.3. The summed E-state index contributed by atoms with van der Waals surface area (Å²) < 4.78 is 6.51. The average molecular weight is 394 g/mol. The molecule has 1 aromatic heterocycles. The van der Waals surface area contributed by atoms with E-state index in [1.165, 1.54) is 17.9 Å². The first-order valence-corrected chi connectivity index (χ1v) is 8.85. The van der Waals surface area contributed by atoms with Crippen LogP contribution in [-0.2, 0) is 11.2 Å². The van der Waals surface area contributed by atoms with Crippen molar-refractivity contribution in [2.75, 3.05) is 0 Å². The van der Waals surface area contributed by atoms with Gasteiger partial charge in [0, 0.05) is 40.5 Å². The number of halogens is 1. The SMILES string of the molecule is CC(=O)Oc1ccc2cc(Br)ccc2c1Cc1c[nH]c2ccccc12. The van der Waals surface area contributed by atoms with Crippen LogP contribution in [0.1, 0.15) is 18.1 Å². The number of hydrogen-bond donors (Lipinski definition) is 1. The van der Waals surface area contributed by atoms with Crippen molar-refractivity contribution in [2.24, 2.45) is 0 Å². The maximum Gasteiger partial charge on any atom is 0.308 e. The van der Waals surface area contributed by atoms with Gasteiger partial charge in [0.2, 0.25) is 0 Å². The van der Waals surface area contributed by atoms with E-state index in [2.05, 4.69) is 45.2 Å². The van der Waals surface area contributed by atoms with Gasteiger partial charge in [-0.05, 0) is 40.6 Å². The summed E-state index contributed by atoms with van der Waals surface area (Å²) in [6.07, 6.45) is 2.71. The molecule has 0 radical (unpaired) electrons. The van der Waals surface area contributed by atoms with Crippen molar-refractivity contribution in [3.8, 4) is 5.75 Å². The van der Waals surface area contributed by atoms with Gasteiger partial charge >= 0.3 is 5.97 Å². The van der Waals surface area contributed by atoms with Crippen LogP contribution in [0.2, 0.25) is 0 Å². The summed E-state index contributed by atoms with van der Waals surface area (Å²) in [5.41, 5.74) is 3.30. The van der Waals surface area contributed by atoms with E-state index in [-0.39, 0.29) is 5.97 Å². The van der Waals surface area contributed by atoms with Gasteiger partial charge in [-0.1, -0.05) is 46.3 Å². The molecule has 1 heterocycles. The smallest absolute Gasteiger partial charge is 0.308 e. The molecule has 0 saturated heterocycles. The van der Waals surface area contributed by atoms with E-state index in [4.69, 9.17) is 4.74 Å². The summed E-state index contributed by atoms with van der Waals surface area (Å²) in [5.74, 6) is 0.309. The van der Waals surface area contributed by atoms with E-state index in [0.29, 0.717) is 12.2 Å². The maximum absolute atomic E-state index is 11.5. The van der Waals surface area contributed by atoms with E-state index >= 15 is 0 Å². The van der Waals surface area contributed by atoms with Crippen molar-refractivity contribution in [1.82, 2.24) is 4.98 Å². The van der Waals surface area contributed by atoms with Crippen molar-refractivity contribution in [1.29, 1.82) is 0 Å². The summed E-state index contributed by atoms with van der Waals surface area (Å²) >= 11 is 3.52. The van der Waals surface area contributed by atoms with Gasteiger partial charge < -0.3 is 9.72 Å².